The Labute approximate surface area is 146 Å². The monoisotopic (exact) mass is 336 g/mol. The molecule has 0 spiro atoms. The van der Waals surface area contributed by atoms with E-state index in [2.05, 4.69) is 10.5 Å². The molecule has 0 unspecified atom stereocenters. The smallest absolute Gasteiger partial charge is 0.257 e. The van der Waals surface area contributed by atoms with E-state index in [0.717, 1.165) is 16.7 Å². The van der Waals surface area contributed by atoms with E-state index in [1.165, 1.54) is 0 Å². The summed E-state index contributed by atoms with van der Waals surface area (Å²) in [5, 5.41) is 7.01. The summed E-state index contributed by atoms with van der Waals surface area (Å²) in [5.74, 6) is 0.298. The van der Waals surface area contributed by atoms with Crippen LogP contribution in [0.1, 0.15) is 27.2 Å². The molecule has 0 fully saturated rings. The molecule has 0 saturated heterocycles. The van der Waals surface area contributed by atoms with Gasteiger partial charge in [0.05, 0.1) is 6.61 Å². The molecule has 1 heterocycles. The van der Waals surface area contributed by atoms with Crippen LogP contribution >= 0.6 is 0 Å². The minimum Gasteiger partial charge on any atom is -0.380 e. The fraction of sp³-hybridized carbons (Fsp3) is 0.200. The number of carbonyl (C=O) groups excluding carboxylic acids is 1. The average molecular weight is 336 g/mol. The predicted octanol–water partition coefficient (Wildman–Crippen LogP) is 3.73. The molecule has 1 N–H and O–H groups in total. The molecule has 3 rings (SSSR count). The Morgan fingerprint density at radius 1 is 1.08 bits per heavy atom. The van der Waals surface area contributed by atoms with Crippen LogP contribution in [0.4, 0.5) is 0 Å². The highest BCUT2D eigenvalue weighted by Gasteiger charge is 2.21. The summed E-state index contributed by atoms with van der Waals surface area (Å²) < 4.78 is 10.5. The molecule has 0 saturated carbocycles. The van der Waals surface area contributed by atoms with Crippen LogP contribution in [0, 0.1) is 6.92 Å². The zero-order valence-corrected chi connectivity index (χ0v) is 14.3. The van der Waals surface area contributed by atoms with Gasteiger partial charge >= 0.3 is 0 Å². The lowest BCUT2D eigenvalue weighted by atomic mass is 10.0. The van der Waals surface area contributed by atoms with Gasteiger partial charge < -0.3 is 14.6 Å². The summed E-state index contributed by atoms with van der Waals surface area (Å²) in [5.41, 5.74) is 3.95. The Morgan fingerprint density at radius 3 is 2.48 bits per heavy atom. The van der Waals surface area contributed by atoms with Gasteiger partial charge in [0.15, 0.2) is 0 Å². The maximum Gasteiger partial charge on any atom is 0.257 e. The van der Waals surface area contributed by atoms with Crippen LogP contribution in [0.2, 0.25) is 0 Å². The van der Waals surface area contributed by atoms with Crippen LogP contribution < -0.4 is 5.32 Å². The highest BCUT2D eigenvalue weighted by molar-refractivity contribution is 6.00. The third-order valence-electron chi connectivity index (χ3n) is 3.99. The van der Waals surface area contributed by atoms with Crippen molar-refractivity contribution in [3.8, 4) is 11.3 Å². The number of nitrogens with one attached hydrogen (secondary N) is 1. The molecular formula is C20H20N2O3. The van der Waals surface area contributed by atoms with Crippen LogP contribution in [0.5, 0.6) is 0 Å². The maximum atomic E-state index is 12.7. The highest BCUT2D eigenvalue weighted by Crippen LogP contribution is 2.25. The minimum atomic E-state index is -0.204. The zero-order valence-electron chi connectivity index (χ0n) is 14.3. The largest absolute Gasteiger partial charge is 0.380 e. The van der Waals surface area contributed by atoms with Crippen molar-refractivity contribution in [1.82, 2.24) is 10.5 Å². The van der Waals surface area contributed by atoms with Crippen molar-refractivity contribution < 1.29 is 14.1 Å². The van der Waals surface area contributed by atoms with E-state index in [1.807, 2.05) is 54.6 Å². The number of ether oxygens (including phenoxy) is 1. The molecular weight excluding hydrogens is 316 g/mol. The molecule has 5 heteroatoms. The van der Waals surface area contributed by atoms with E-state index in [9.17, 15) is 4.79 Å². The van der Waals surface area contributed by atoms with Crippen LogP contribution in [0.3, 0.4) is 0 Å². The van der Waals surface area contributed by atoms with Crippen molar-refractivity contribution in [1.29, 1.82) is 0 Å². The van der Waals surface area contributed by atoms with E-state index < -0.39 is 0 Å². The lowest BCUT2D eigenvalue weighted by molar-refractivity contribution is 0.0949. The van der Waals surface area contributed by atoms with Crippen LogP contribution in [-0.2, 0) is 17.9 Å². The first-order valence-corrected chi connectivity index (χ1v) is 8.06. The zero-order chi connectivity index (χ0) is 17.6. The first-order valence-electron chi connectivity index (χ1n) is 8.06. The summed E-state index contributed by atoms with van der Waals surface area (Å²) in [6, 6.07) is 17.4. The second kappa shape index (κ2) is 7.77. The number of hydrogen-bond acceptors (Lipinski definition) is 4. The number of nitrogens with zero attached hydrogens (tertiary/aromatic N) is 1. The molecule has 2 aromatic carbocycles. The first kappa shape index (κ1) is 16.9. The standard InChI is InChI=1S/C20H20N2O3/c1-14-18(19(22-25-14)15-8-4-3-5-9-15)20(23)21-12-16-10-6-7-11-17(16)13-24-2/h3-11H,12-13H2,1-2H3,(H,21,23). The van der Waals surface area contributed by atoms with Gasteiger partial charge in [-0.25, -0.2) is 0 Å². The first-order chi connectivity index (χ1) is 12.2. The fourth-order valence-electron chi connectivity index (χ4n) is 2.72. The number of benzene rings is 2. The van der Waals surface area contributed by atoms with Crippen molar-refractivity contribution in [3.63, 3.8) is 0 Å². The third-order valence-corrected chi connectivity index (χ3v) is 3.99. The minimum absolute atomic E-state index is 0.204. The summed E-state index contributed by atoms with van der Waals surface area (Å²) in [7, 11) is 1.65. The van der Waals surface area contributed by atoms with Crippen molar-refractivity contribution in [2.45, 2.75) is 20.1 Å². The molecule has 0 aliphatic heterocycles. The Morgan fingerprint density at radius 2 is 1.76 bits per heavy atom. The molecule has 25 heavy (non-hydrogen) atoms. The van der Waals surface area contributed by atoms with Crippen molar-refractivity contribution in [2.24, 2.45) is 0 Å². The van der Waals surface area contributed by atoms with E-state index in [0.29, 0.717) is 30.2 Å². The summed E-state index contributed by atoms with van der Waals surface area (Å²) >= 11 is 0. The highest BCUT2D eigenvalue weighted by atomic mass is 16.5. The van der Waals surface area contributed by atoms with Crippen LogP contribution in [-0.4, -0.2) is 18.2 Å². The maximum absolute atomic E-state index is 12.7. The molecule has 0 atom stereocenters. The molecule has 5 nitrogen and oxygen atoms in total. The molecule has 0 aliphatic carbocycles. The van der Waals surface area contributed by atoms with Crippen molar-refractivity contribution in [2.75, 3.05) is 7.11 Å². The van der Waals surface area contributed by atoms with Gasteiger partial charge in [-0.3, -0.25) is 4.79 Å². The Bertz CT molecular complexity index is 856. The molecule has 0 bridgehead atoms. The van der Waals surface area contributed by atoms with Gasteiger partial charge in [-0.05, 0) is 18.1 Å². The van der Waals surface area contributed by atoms with E-state index in [1.54, 1.807) is 14.0 Å². The average Bonchev–Trinajstić information content (AvgIpc) is 3.03. The summed E-state index contributed by atoms with van der Waals surface area (Å²) in [6.45, 7) is 2.66. The van der Waals surface area contributed by atoms with Gasteiger partial charge in [0.1, 0.15) is 17.0 Å². The number of aromatic nitrogens is 1. The SMILES string of the molecule is COCc1ccccc1CNC(=O)c1c(-c2ccccc2)noc1C. The molecule has 1 aromatic heterocycles. The van der Waals surface area contributed by atoms with Gasteiger partial charge in [0.25, 0.3) is 5.91 Å². The normalized spacial score (nSPS) is 10.6. The fourth-order valence-corrected chi connectivity index (χ4v) is 2.72. The van der Waals surface area contributed by atoms with Gasteiger partial charge in [-0.15, -0.1) is 0 Å². The second-order valence-corrected chi connectivity index (χ2v) is 5.71. The molecule has 128 valence electrons. The van der Waals surface area contributed by atoms with E-state index in [-0.39, 0.29) is 5.91 Å². The lowest BCUT2D eigenvalue weighted by Gasteiger charge is -2.10. The van der Waals surface area contributed by atoms with E-state index >= 15 is 0 Å². The molecule has 0 aliphatic rings. The Balaban J connectivity index is 1.80. The van der Waals surface area contributed by atoms with Gasteiger partial charge in [0, 0.05) is 19.2 Å². The molecule has 3 aromatic rings. The number of aryl methyl sites for hydroxylation is 1. The molecule has 0 radical (unpaired) electrons. The quantitative estimate of drug-likeness (QED) is 0.745. The van der Waals surface area contributed by atoms with Crippen LogP contribution in [0.25, 0.3) is 11.3 Å². The van der Waals surface area contributed by atoms with Gasteiger partial charge in [-0.2, -0.15) is 0 Å². The van der Waals surface area contributed by atoms with Crippen molar-refractivity contribution >= 4 is 5.91 Å². The Kier molecular flexibility index (Phi) is 5.26. The third kappa shape index (κ3) is 3.78. The van der Waals surface area contributed by atoms with Crippen molar-refractivity contribution in [3.05, 3.63) is 77.0 Å². The van der Waals surface area contributed by atoms with Crippen LogP contribution in [0.15, 0.2) is 59.1 Å². The number of rotatable bonds is 6. The van der Waals surface area contributed by atoms with E-state index in [4.69, 9.17) is 9.26 Å². The predicted molar refractivity (Wildman–Crippen MR) is 95.0 cm³/mol. The summed E-state index contributed by atoms with van der Waals surface area (Å²) in [6.07, 6.45) is 0. The number of methoxy groups -OCH3 is 1. The number of carbonyl (C=O) groups is 1. The topological polar surface area (TPSA) is 64.4 Å². The number of hydrogen-bond donors (Lipinski definition) is 1. The Hall–Kier alpha value is -2.92. The lowest BCUT2D eigenvalue weighted by Crippen LogP contribution is -2.24. The van der Waals surface area contributed by atoms with Gasteiger partial charge in [-0.1, -0.05) is 59.8 Å². The second-order valence-electron chi connectivity index (χ2n) is 5.71. The summed E-state index contributed by atoms with van der Waals surface area (Å²) in [4.78, 5) is 12.7. The van der Waals surface area contributed by atoms with Gasteiger partial charge in [0.2, 0.25) is 0 Å². The molecule has 1 amide bonds. The number of amides is 1.